The van der Waals surface area contributed by atoms with Crippen molar-refractivity contribution in [3.63, 3.8) is 0 Å². The van der Waals surface area contributed by atoms with Gasteiger partial charge in [-0.1, -0.05) is 0 Å². The maximum atomic E-state index is 9.35. The number of thioether (sulfide) groups is 1. The third-order valence-corrected chi connectivity index (χ3v) is 3.49. The van der Waals surface area contributed by atoms with E-state index in [1.807, 2.05) is 11.8 Å². The van der Waals surface area contributed by atoms with E-state index >= 15 is 0 Å². The predicted molar refractivity (Wildman–Crippen MR) is 57.2 cm³/mol. The van der Waals surface area contributed by atoms with Crippen LogP contribution in [0.4, 0.5) is 0 Å². The second kappa shape index (κ2) is 5.89. The predicted octanol–water partition coefficient (Wildman–Crippen LogP) is 1.92. The lowest BCUT2D eigenvalue weighted by atomic mass is 9.79. The standard InChI is InChI=1S/C10H20O2S/c1-13-7-3-5-10(8-11)4-2-6-12-9-10/h11H,2-9H2,1H3. The largest absolute Gasteiger partial charge is 0.396 e. The zero-order valence-corrected chi connectivity index (χ0v) is 9.24. The van der Waals surface area contributed by atoms with Crippen molar-refractivity contribution in [1.29, 1.82) is 0 Å². The number of hydrogen-bond donors (Lipinski definition) is 1. The van der Waals surface area contributed by atoms with Gasteiger partial charge in [0.05, 0.1) is 13.2 Å². The van der Waals surface area contributed by atoms with Crippen molar-refractivity contribution in [2.24, 2.45) is 5.41 Å². The Hall–Kier alpha value is 0.270. The Bertz CT molecular complexity index is 133. The molecule has 0 aromatic carbocycles. The number of ether oxygens (including phenoxy) is 1. The molecule has 0 aromatic heterocycles. The van der Waals surface area contributed by atoms with Crippen molar-refractivity contribution < 1.29 is 9.84 Å². The number of aliphatic hydroxyl groups is 1. The normalized spacial score (nSPS) is 29.1. The van der Waals surface area contributed by atoms with Gasteiger partial charge in [-0.05, 0) is 37.7 Å². The Morgan fingerprint density at radius 3 is 2.92 bits per heavy atom. The molecule has 0 saturated carbocycles. The van der Waals surface area contributed by atoms with Crippen LogP contribution in [0.2, 0.25) is 0 Å². The van der Waals surface area contributed by atoms with Crippen LogP contribution in [-0.2, 0) is 4.74 Å². The van der Waals surface area contributed by atoms with Gasteiger partial charge in [0.1, 0.15) is 0 Å². The van der Waals surface area contributed by atoms with Crippen molar-refractivity contribution in [3.05, 3.63) is 0 Å². The first kappa shape index (κ1) is 11.3. The molecule has 1 aliphatic heterocycles. The van der Waals surface area contributed by atoms with Crippen molar-refractivity contribution in [2.75, 3.05) is 31.8 Å². The van der Waals surface area contributed by atoms with Crippen LogP contribution < -0.4 is 0 Å². The summed E-state index contributed by atoms with van der Waals surface area (Å²) in [5.41, 5.74) is 0.0913. The Morgan fingerprint density at radius 1 is 1.54 bits per heavy atom. The first-order valence-electron chi connectivity index (χ1n) is 5.00. The average Bonchev–Trinajstić information content (AvgIpc) is 2.20. The summed E-state index contributed by atoms with van der Waals surface area (Å²) >= 11 is 1.88. The van der Waals surface area contributed by atoms with Gasteiger partial charge in [0.15, 0.2) is 0 Å². The molecule has 1 rings (SSSR count). The highest BCUT2D eigenvalue weighted by Crippen LogP contribution is 2.33. The molecule has 13 heavy (non-hydrogen) atoms. The van der Waals surface area contributed by atoms with E-state index in [1.54, 1.807) is 0 Å². The minimum Gasteiger partial charge on any atom is -0.396 e. The van der Waals surface area contributed by atoms with Crippen LogP contribution in [-0.4, -0.2) is 36.9 Å². The van der Waals surface area contributed by atoms with Gasteiger partial charge in [-0.2, -0.15) is 11.8 Å². The quantitative estimate of drug-likeness (QED) is 0.694. The summed E-state index contributed by atoms with van der Waals surface area (Å²) in [5, 5.41) is 9.35. The van der Waals surface area contributed by atoms with E-state index in [2.05, 4.69) is 6.26 Å². The molecule has 0 spiro atoms. The lowest BCUT2D eigenvalue weighted by Gasteiger charge is -2.35. The molecule has 3 heteroatoms. The van der Waals surface area contributed by atoms with Crippen LogP contribution >= 0.6 is 11.8 Å². The molecule has 0 amide bonds. The molecule has 1 fully saturated rings. The molecule has 1 saturated heterocycles. The van der Waals surface area contributed by atoms with Gasteiger partial charge >= 0.3 is 0 Å². The monoisotopic (exact) mass is 204 g/mol. The van der Waals surface area contributed by atoms with Gasteiger partial charge in [-0.3, -0.25) is 0 Å². The molecule has 1 heterocycles. The summed E-state index contributed by atoms with van der Waals surface area (Å²) in [4.78, 5) is 0. The minimum atomic E-state index is 0.0913. The molecule has 0 aromatic rings. The van der Waals surface area contributed by atoms with E-state index in [0.29, 0.717) is 6.61 Å². The lowest BCUT2D eigenvalue weighted by molar-refractivity contribution is -0.0429. The van der Waals surface area contributed by atoms with Gasteiger partial charge in [-0.15, -0.1) is 0 Å². The van der Waals surface area contributed by atoms with Crippen LogP contribution in [0.15, 0.2) is 0 Å². The Morgan fingerprint density at radius 2 is 2.38 bits per heavy atom. The van der Waals surface area contributed by atoms with Crippen LogP contribution in [0, 0.1) is 5.41 Å². The van der Waals surface area contributed by atoms with Crippen molar-refractivity contribution in [1.82, 2.24) is 0 Å². The summed E-state index contributed by atoms with van der Waals surface area (Å²) in [6.07, 6.45) is 6.69. The molecule has 1 unspecified atom stereocenters. The second-order valence-electron chi connectivity index (χ2n) is 3.91. The molecular weight excluding hydrogens is 184 g/mol. The van der Waals surface area contributed by atoms with E-state index in [0.717, 1.165) is 32.5 Å². The number of hydrogen-bond acceptors (Lipinski definition) is 3. The average molecular weight is 204 g/mol. The minimum absolute atomic E-state index is 0.0913. The lowest BCUT2D eigenvalue weighted by Crippen LogP contribution is -2.35. The number of aliphatic hydroxyl groups excluding tert-OH is 1. The summed E-state index contributed by atoms with van der Waals surface area (Å²) in [5.74, 6) is 1.20. The van der Waals surface area contributed by atoms with Crippen LogP contribution in [0.1, 0.15) is 25.7 Å². The molecular formula is C10H20O2S. The van der Waals surface area contributed by atoms with E-state index < -0.39 is 0 Å². The topological polar surface area (TPSA) is 29.5 Å². The Labute approximate surface area is 85.0 Å². The van der Waals surface area contributed by atoms with E-state index in [-0.39, 0.29) is 5.41 Å². The molecule has 0 aliphatic carbocycles. The van der Waals surface area contributed by atoms with Crippen LogP contribution in [0.3, 0.4) is 0 Å². The Kier molecular flexibility index (Phi) is 5.14. The van der Waals surface area contributed by atoms with Gasteiger partial charge in [0, 0.05) is 12.0 Å². The second-order valence-corrected chi connectivity index (χ2v) is 4.90. The molecule has 1 N–H and O–H groups in total. The zero-order valence-electron chi connectivity index (χ0n) is 8.42. The Balaban J connectivity index is 2.29. The van der Waals surface area contributed by atoms with Crippen LogP contribution in [0.5, 0.6) is 0 Å². The zero-order chi connectivity index (χ0) is 9.57. The first-order valence-corrected chi connectivity index (χ1v) is 6.40. The highest BCUT2D eigenvalue weighted by atomic mass is 32.2. The third kappa shape index (κ3) is 3.49. The molecule has 1 aliphatic rings. The van der Waals surface area contributed by atoms with Gasteiger partial charge in [0.25, 0.3) is 0 Å². The smallest absolute Gasteiger partial charge is 0.0544 e. The van der Waals surface area contributed by atoms with Gasteiger partial charge in [0.2, 0.25) is 0 Å². The fraction of sp³-hybridized carbons (Fsp3) is 1.00. The molecule has 0 radical (unpaired) electrons. The van der Waals surface area contributed by atoms with E-state index in [1.165, 1.54) is 12.2 Å². The third-order valence-electron chi connectivity index (χ3n) is 2.80. The fourth-order valence-corrected chi connectivity index (χ4v) is 2.34. The maximum absolute atomic E-state index is 9.35. The van der Waals surface area contributed by atoms with Crippen LogP contribution in [0.25, 0.3) is 0 Å². The summed E-state index contributed by atoms with van der Waals surface area (Å²) in [7, 11) is 0. The van der Waals surface area contributed by atoms with Crippen molar-refractivity contribution >= 4 is 11.8 Å². The van der Waals surface area contributed by atoms with Gasteiger partial charge in [-0.25, -0.2) is 0 Å². The van der Waals surface area contributed by atoms with Crippen molar-refractivity contribution in [2.45, 2.75) is 25.7 Å². The number of rotatable bonds is 5. The highest BCUT2D eigenvalue weighted by molar-refractivity contribution is 7.98. The molecule has 1 atom stereocenters. The molecule has 2 nitrogen and oxygen atoms in total. The SMILES string of the molecule is CSCCCC1(CO)CCCOC1. The van der Waals surface area contributed by atoms with Crippen molar-refractivity contribution in [3.8, 4) is 0 Å². The summed E-state index contributed by atoms with van der Waals surface area (Å²) in [6, 6.07) is 0. The van der Waals surface area contributed by atoms with E-state index in [4.69, 9.17) is 4.74 Å². The summed E-state index contributed by atoms with van der Waals surface area (Å²) in [6.45, 7) is 1.93. The fourth-order valence-electron chi connectivity index (χ4n) is 1.90. The first-order chi connectivity index (χ1) is 6.33. The highest BCUT2D eigenvalue weighted by Gasteiger charge is 2.31. The molecule has 0 bridgehead atoms. The summed E-state index contributed by atoms with van der Waals surface area (Å²) < 4.78 is 5.44. The van der Waals surface area contributed by atoms with Gasteiger partial charge < -0.3 is 9.84 Å². The molecule has 78 valence electrons. The van der Waals surface area contributed by atoms with E-state index in [9.17, 15) is 5.11 Å². The maximum Gasteiger partial charge on any atom is 0.0544 e.